The largest absolute Gasteiger partial charge is 0.506 e. The molecule has 108 valence electrons. The number of aromatic nitrogens is 3. The van der Waals surface area contributed by atoms with E-state index in [9.17, 15) is 5.11 Å². The van der Waals surface area contributed by atoms with E-state index in [0.29, 0.717) is 35.6 Å². The molecule has 1 aliphatic heterocycles. The van der Waals surface area contributed by atoms with E-state index >= 15 is 0 Å². The topological polar surface area (TPSA) is 84.9 Å². The van der Waals surface area contributed by atoms with Gasteiger partial charge >= 0.3 is 0 Å². The molecular weight excluding hydrogens is 294 g/mol. The summed E-state index contributed by atoms with van der Waals surface area (Å²) in [6, 6.07) is 4.67. The van der Waals surface area contributed by atoms with Gasteiger partial charge in [-0.15, -0.1) is 15.3 Å². The minimum absolute atomic E-state index is 0.00440. The average molecular weight is 306 g/mol. The monoisotopic (exact) mass is 305 g/mol. The number of fused-ring (bicyclic) bond motifs is 1. The number of phenolic OH excluding ortho intramolecular Hbond substituents is 1. The zero-order valence-electron chi connectivity index (χ0n) is 11.4. The summed E-state index contributed by atoms with van der Waals surface area (Å²) in [5, 5.41) is 22.0. The van der Waals surface area contributed by atoms with Gasteiger partial charge in [0.05, 0.1) is 17.3 Å². The molecule has 0 bridgehead atoms. The summed E-state index contributed by atoms with van der Waals surface area (Å²) in [4.78, 5) is 4.46. The normalized spacial score (nSPS) is 15.2. The minimum atomic E-state index is 0.00440. The van der Waals surface area contributed by atoms with E-state index in [1.165, 1.54) is 6.07 Å². The molecule has 7 nitrogen and oxygen atoms in total. The molecule has 0 fully saturated rings. The van der Waals surface area contributed by atoms with Gasteiger partial charge in [0.25, 0.3) is 5.90 Å². The molecule has 0 saturated carbocycles. The third-order valence-electron chi connectivity index (χ3n) is 2.86. The highest BCUT2D eigenvalue weighted by Gasteiger charge is 2.28. The van der Waals surface area contributed by atoms with E-state index in [0.717, 1.165) is 0 Å². The highest BCUT2D eigenvalue weighted by Crippen LogP contribution is 2.28. The number of hydrogen-bond acceptors (Lipinski definition) is 6. The van der Waals surface area contributed by atoms with E-state index in [-0.39, 0.29) is 10.8 Å². The van der Waals surface area contributed by atoms with Gasteiger partial charge in [0.15, 0.2) is 11.5 Å². The van der Waals surface area contributed by atoms with Crippen molar-refractivity contribution in [3.05, 3.63) is 34.9 Å². The van der Waals surface area contributed by atoms with Crippen LogP contribution in [0.5, 0.6) is 5.75 Å². The van der Waals surface area contributed by atoms with Gasteiger partial charge in [0.2, 0.25) is 5.82 Å². The lowest BCUT2D eigenvalue weighted by atomic mass is 10.3. The summed E-state index contributed by atoms with van der Waals surface area (Å²) in [6.45, 7) is 4.12. The van der Waals surface area contributed by atoms with Crippen LogP contribution in [0, 0.1) is 6.92 Å². The van der Waals surface area contributed by atoms with E-state index in [1.54, 1.807) is 23.7 Å². The Morgan fingerprint density at radius 1 is 1.38 bits per heavy atom. The molecule has 0 saturated heterocycles. The summed E-state index contributed by atoms with van der Waals surface area (Å²) < 4.78 is 7.06. The van der Waals surface area contributed by atoms with E-state index in [2.05, 4.69) is 20.3 Å². The van der Waals surface area contributed by atoms with Crippen LogP contribution in [0.3, 0.4) is 0 Å². The second-order valence-corrected chi connectivity index (χ2v) is 4.72. The van der Waals surface area contributed by atoms with E-state index in [1.807, 2.05) is 6.92 Å². The Balaban J connectivity index is 2.08. The molecule has 1 aromatic carbocycles. The van der Waals surface area contributed by atoms with Crippen LogP contribution in [0.25, 0.3) is 0 Å². The van der Waals surface area contributed by atoms with Crippen LogP contribution < -0.4 is 0 Å². The van der Waals surface area contributed by atoms with Gasteiger partial charge < -0.3 is 9.84 Å². The maximum absolute atomic E-state index is 9.45. The molecule has 1 N–H and O–H groups in total. The first kappa shape index (κ1) is 13.6. The summed E-state index contributed by atoms with van der Waals surface area (Å²) >= 11 is 5.89. The maximum atomic E-state index is 9.45. The zero-order chi connectivity index (χ0) is 15.0. The van der Waals surface area contributed by atoms with Gasteiger partial charge in [0, 0.05) is 0 Å². The zero-order valence-corrected chi connectivity index (χ0v) is 12.2. The Morgan fingerprint density at radius 2 is 2.19 bits per heavy atom. The maximum Gasteiger partial charge on any atom is 0.262 e. The molecule has 8 heteroatoms. The van der Waals surface area contributed by atoms with Crippen LogP contribution in [-0.4, -0.2) is 38.2 Å². The fourth-order valence-electron chi connectivity index (χ4n) is 1.89. The molecule has 3 rings (SSSR count). The van der Waals surface area contributed by atoms with Crippen LogP contribution in [-0.2, 0) is 4.74 Å². The average Bonchev–Trinajstić information content (AvgIpc) is 2.97. The number of halogens is 1. The van der Waals surface area contributed by atoms with Crippen LogP contribution in [0.2, 0.25) is 5.02 Å². The van der Waals surface area contributed by atoms with Crippen molar-refractivity contribution in [2.75, 3.05) is 6.61 Å². The highest BCUT2D eigenvalue weighted by molar-refractivity contribution is 6.46. The second-order valence-electron chi connectivity index (χ2n) is 4.32. The Morgan fingerprint density at radius 3 is 2.90 bits per heavy atom. The van der Waals surface area contributed by atoms with Gasteiger partial charge in [0.1, 0.15) is 5.75 Å². The second kappa shape index (κ2) is 5.17. The Kier molecular flexibility index (Phi) is 3.34. The number of ether oxygens (including phenoxy) is 1. The first-order valence-electron chi connectivity index (χ1n) is 6.32. The van der Waals surface area contributed by atoms with Gasteiger partial charge in [-0.2, -0.15) is 4.68 Å². The standard InChI is InChI=1S/C13H12ClN5O2/c1-3-21-13-11(12-17-16-7(2)19(12)18-13)15-8-4-5-10(20)9(14)6-8/h4-6,20H,3H2,1-2H3. The number of nitrogens with zero attached hydrogens (tertiary/aromatic N) is 5. The van der Waals surface area contributed by atoms with E-state index < -0.39 is 0 Å². The third-order valence-corrected chi connectivity index (χ3v) is 3.16. The van der Waals surface area contributed by atoms with Crippen molar-refractivity contribution in [1.82, 2.24) is 14.9 Å². The first-order valence-corrected chi connectivity index (χ1v) is 6.69. The van der Waals surface area contributed by atoms with Crippen LogP contribution >= 0.6 is 11.6 Å². The summed E-state index contributed by atoms with van der Waals surface area (Å²) in [5.41, 5.74) is 1.05. The van der Waals surface area contributed by atoms with Crippen LogP contribution in [0.15, 0.2) is 28.3 Å². The summed E-state index contributed by atoms with van der Waals surface area (Å²) in [5.74, 6) is 1.55. The fourth-order valence-corrected chi connectivity index (χ4v) is 2.06. The molecule has 1 aliphatic rings. The Labute approximate surface area is 125 Å². The van der Waals surface area contributed by atoms with Crippen LogP contribution in [0.1, 0.15) is 18.6 Å². The van der Waals surface area contributed by atoms with Crippen molar-refractivity contribution >= 4 is 28.9 Å². The number of hydrogen-bond donors (Lipinski definition) is 1. The van der Waals surface area contributed by atoms with Crippen molar-refractivity contribution in [3.8, 4) is 5.75 Å². The molecule has 2 aromatic rings. The van der Waals surface area contributed by atoms with Gasteiger partial charge in [-0.05, 0) is 32.0 Å². The van der Waals surface area contributed by atoms with Crippen molar-refractivity contribution in [2.45, 2.75) is 13.8 Å². The quantitative estimate of drug-likeness (QED) is 0.922. The number of aryl methyl sites for hydroxylation is 1. The SMILES string of the molecule is CCOC1=Nn2c(C)nnc2C1=Nc1ccc(O)c(Cl)c1. The van der Waals surface area contributed by atoms with E-state index in [4.69, 9.17) is 16.3 Å². The fraction of sp³-hybridized carbons (Fsp3) is 0.231. The number of aliphatic imine (C=N–C) groups is 1. The molecule has 2 heterocycles. The summed E-state index contributed by atoms with van der Waals surface area (Å²) in [7, 11) is 0. The van der Waals surface area contributed by atoms with Crippen molar-refractivity contribution in [2.24, 2.45) is 10.1 Å². The molecule has 0 radical (unpaired) electrons. The molecule has 0 atom stereocenters. The molecular formula is C13H12ClN5O2. The molecule has 0 amide bonds. The first-order chi connectivity index (χ1) is 10.1. The Hall–Kier alpha value is -2.41. The lowest BCUT2D eigenvalue weighted by Crippen LogP contribution is -2.15. The summed E-state index contributed by atoms with van der Waals surface area (Å²) in [6.07, 6.45) is 0. The lowest BCUT2D eigenvalue weighted by Gasteiger charge is -2.03. The number of rotatable bonds is 2. The molecule has 0 aliphatic carbocycles. The minimum Gasteiger partial charge on any atom is -0.506 e. The van der Waals surface area contributed by atoms with Gasteiger partial charge in [-0.3, -0.25) is 0 Å². The molecule has 1 aromatic heterocycles. The third kappa shape index (κ3) is 2.36. The number of phenols is 1. The highest BCUT2D eigenvalue weighted by atomic mass is 35.5. The van der Waals surface area contributed by atoms with Crippen molar-refractivity contribution in [3.63, 3.8) is 0 Å². The smallest absolute Gasteiger partial charge is 0.262 e. The number of benzene rings is 1. The predicted molar refractivity (Wildman–Crippen MR) is 78.5 cm³/mol. The predicted octanol–water partition coefficient (Wildman–Crippen LogP) is 2.28. The van der Waals surface area contributed by atoms with Gasteiger partial charge in [-0.25, -0.2) is 4.99 Å². The Bertz CT molecular complexity index is 766. The van der Waals surface area contributed by atoms with Crippen molar-refractivity contribution in [1.29, 1.82) is 0 Å². The molecule has 0 unspecified atom stereocenters. The molecule has 21 heavy (non-hydrogen) atoms. The van der Waals surface area contributed by atoms with Crippen LogP contribution in [0.4, 0.5) is 5.69 Å². The lowest BCUT2D eigenvalue weighted by molar-refractivity contribution is 0.332. The van der Waals surface area contributed by atoms with Crippen molar-refractivity contribution < 1.29 is 9.84 Å². The van der Waals surface area contributed by atoms with Gasteiger partial charge in [-0.1, -0.05) is 11.6 Å². The number of aromatic hydroxyl groups is 1. The molecule has 0 spiro atoms.